The van der Waals surface area contributed by atoms with Crippen molar-refractivity contribution in [3.8, 4) is 0 Å². The van der Waals surface area contributed by atoms with E-state index in [1.165, 1.54) is 6.92 Å². The number of ketones is 1. The highest BCUT2D eigenvalue weighted by atomic mass is 35.5. The number of benzene rings is 1. The van der Waals surface area contributed by atoms with E-state index in [0.29, 0.717) is 10.6 Å². The van der Waals surface area contributed by atoms with E-state index in [9.17, 15) is 18.0 Å². The standard InChI is InChI=1S/C12H13ClF3NO/c1-8(18)11(6-17-7-12(14,15)16)9-2-4-10(13)5-3-9/h2-5,11,17H,6-7H2,1H3. The molecule has 0 aliphatic carbocycles. The second-order valence-electron chi connectivity index (χ2n) is 3.96. The van der Waals surface area contributed by atoms with Gasteiger partial charge in [0.05, 0.1) is 12.5 Å². The fraction of sp³-hybridized carbons (Fsp3) is 0.417. The number of rotatable bonds is 5. The molecule has 1 N–H and O–H groups in total. The second-order valence-corrected chi connectivity index (χ2v) is 4.40. The van der Waals surface area contributed by atoms with Crippen molar-refractivity contribution < 1.29 is 18.0 Å². The summed E-state index contributed by atoms with van der Waals surface area (Å²) in [6.07, 6.45) is -4.28. The molecule has 0 fully saturated rings. The van der Waals surface area contributed by atoms with Crippen LogP contribution >= 0.6 is 11.6 Å². The molecule has 0 spiro atoms. The number of hydrogen-bond acceptors (Lipinski definition) is 2. The van der Waals surface area contributed by atoms with Crippen LogP contribution in [-0.2, 0) is 4.79 Å². The lowest BCUT2D eigenvalue weighted by Crippen LogP contribution is -2.33. The van der Waals surface area contributed by atoms with E-state index in [4.69, 9.17) is 11.6 Å². The number of carbonyl (C=O) groups is 1. The summed E-state index contributed by atoms with van der Waals surface area (Å²) >= 11 is 5.71. The number of halogens is 4. The molecule has 0 saturated heterocycles. The van der Waals surface area contributed by atoms with E-state index >= 15 is 0 Å². The van der Waals surface area contributed by atoms with Crippen molar-refractivity contribution in [1.29, 1.82) is 0 Å². The van der Waals surface area contributed by atoms with Gasteiger partial charge in [0, 0.05) is 11.6 Å². The molecule has 1 rings (SSSR count). The highest BCUT2D eigenvalue weighted by molar-refractivity contribution is 6.30. The maximum Gasteiger partial charge on any atom is 0.401 e. The average molecular weight is 280 g/mol. The molecule has 0 aliphatic rings. The zero-order chi connectivity index (χ0) is 13.8. The number of hydrogen-bond donors (Lipinski definition) is 1. The second kappa shape index (κ2) is 6.20. The van der Waals surface area contributed by atoms with Crippen LogP contribution < -0.4 is 5.32 Å². The summed E-state index contributed by atoms with van der Waals surface area (Å²) < 4.78 is 36.0. The Bertz CT molecular complexity index is 403. The third kappa shape index (κ3) is 5.06. The number of carbonyl (C=O) groups excluding carboxylic acids is 1. The fourth-order valence-electron chi connectivity index (χ4n) is 1.55. The smallest absolute Gasteiger partial charge is 0.308 e. The molecule has 6 heteroatoms. The average Bonchev–Trinajstić information content (AvgIpc) is 2.24. The molecule has 1 aromatic rings. The highest BCUT2D eigenvalue weighted by Crippen LogP contribution is 2.19. The van der Waals surface area contributed by atoms with Gasteiger partial charge >= 0.3 is 6.18 Å². The molecule has 0 heterocycles. The molecular formula is C12H13ClF3NO. The first-order chi connectivity index (χ1) is 8.29. The molecule has 1 unspecified atom stereocenters. The lowest BCUT2D eigenvalue weighted by molar-refractivity contribution is -0.126. The van der Waals surface area contributed by atoms with Crippen LogP contribution in [0.15, 0.2) is 24.3 Å². The SMILES string of the molecule is CC(=O)C(CNCC(F)(F)F)c1ccc(Cl)cc1. The summed E-state index contributed by atoms with van der Waals surface area (Å²) in [4.78, 5) is 11.4. The van der Waals surface area contributed by atoms with Gasteiger partial charge in [-0.25, -0.2) is 0 Å². The van der Waals surface area contributed by atoms with Crippen LogP contribution in [0, 0.1) is 0 Å². The van der Waals surface area contributed by atoms with Gasteiger partial charge in [0.2, 0.25) is 0 Å². The summed E-state index contributed by atoms with van der Waals surface area (Å²) in [5.41, 5.74) is 0.654. The lowest BCUT2D eigenvalue weighted by Gasteiger charge is -2.16. The van der Waals surface area contributed by atoms with Crippen molar-refractivity contribution in [1.82, 2.24) is 5.32 Å². The quantitative estimate of drug-likeness (QED) is 0.897. The molecule has 2 nitrogen and oxygen atoms in total. The molecule has 0 amide bonds. The van der Waals surface area contributed by atoms with Gasteiger partial charge < -0.3 is 5.32 Å². The van der Waals surface area contributed by atoms with Crippen molar-refractivity contribution >= 4 is 17.4 Å². The number of alkyl halides is 3. The Hall–Kier alpha value is -1.07. The summed E-state index contributed by atoms with van der Waals surface area (Å²) in [6.45, 7) is 0.204. The maximum atomic E-state index is 12.0. The number of nitrogens with one attached hydrogen (secondary N) is 1. The lowest BCUT2D eigenvalue weighted by atomic mass is 9.95. The van der Waals surface area contributed by atoms with E-state index < -0.39 is 18.6 Å². The first-order valence-electron chi connectivity index (χ1n) is 5.33. The van der Waals surface area contributed by atoms with Gasteiger partial charge in [-0.2, -0.15) is 13.2 Å². The Morgan fingerprint density at radius 3 is 2.33 bits per heavy atom. The van der Waals surface area contributed by atoms with E-state index in [-0.39, 0.29) is 12.3 Å². The van der Waals surface area contributed by atoms with Gasteiger partial charge in [-0.3, -0.25) is 4.79 Å². The predicted molar refractivity (Wildman–Crippen MR) is 63.8 cm³/mol. The third-order valence-corrected chi connectivity index (χ3v) is 2.69. The Kier molecular flexibility index (Phi) is 5.16. The van der Waals surface area contributed by atoms with E-state index in [0.717, 1.165) is 0 Å². The molecule has 0 saturated carbocycles. The Balaban J connectivity index is 2.66. The van der Waals surface area contributed by atoms with Crippen molar-refractivity contribution in [3.63, 3.8) is 0 Å². The highest BCUT2D eigenvalue weighted by Gasteiger charge is 2.27. The van der Waals surface area contributed by atoms with Gasteiger partial charge in [-0.15, -0.1) is 0 Å². The van der Waals surface area contributed by atoms with Crippen molar-refractivity contribution in [2.24, 2.45) is 0 Å². The van der Waals surface area contributed by atoms with Crippen LogP contribution in [0.2, 0.25) is 5.02 Å². The first-order valence-corrected chi connectivity index (χ1v) is 5.71. The van der Waals surface area contributed by atoms with Crippen LogP contribution in [0.3, 0.4) is 0 Å². The minimum absolute atomic E-state index is 0.0452. The minimum atomic E-state index is -4.28. The molecule has 0 radical (unpaired) electrons. The van der Waals surface area contributed by atoms with E-state index in [1.807, 2.05) is 0 Å². The summed E-state index contributed by atoms with van der Waals surface area (Å²) in [6, 6.07) is 6.50. The van der Waals surface area contributed by atoms with Crippen molar-refractivity contribution in [3.05, 3.63) is 34.9 Å². The zero-order valence-corrected chi connectivity index (χ0v) is 10.5. The summed E-state index contributed by atoms with van der Waals surface area (Å²) in [5, 5.41) is 2.76. The Labute approximate surface area is 108 Å². The summed E-state index contributed by atoms with van der Waals surface area (Å²) in [7, 11) is 0. The van der Waals surface area contributed by atoms with Gasteiger partial charge in [0.15, 0.2) is 0 Å². The van der Waals surface area contributed by atoms with Gasteiger partial charge in [0.1, 0.15) is 5.78 Å². The summed E-state index contributed by atoms with van der Waals surface area (Å²) in [5.74, 6) is -0.781. The van der Waals surface area contributed by atoms with E-state index in [1.54, 1.807) is 24.3 Å². The van der Waals surface area contributed by atoms with Crippen molar-refractivity contribution in [2.45, 2.75) is 19.0 Å². The third-order valence-electron chi connectivity index (χ3n) is 2.44. The molecule has 100 valence electrons. The van der Waals surface area contributed by atoms with Gasteiger partial charge in [-0.1, -0.05) is 23.7 Å². The number of Topliss-reactive ketones (excluding diaryl/α,β-unsaturated/α-hetero) is 1. The Morgan fingerprint density at radius 1 is 1.33 bits per heavy atom. The predicted octanol–water partition coefficient (Wildman–Crippen LogP) is 3.16. The van der Waals surface area contributed by atoms with Crippen LogP contribution in [0.5, 0.6) is 0 Å². The largest absolute Gasteiger partial charge is 0.401 e. The monoisotopic (exact) mass is 279 g/mol. The maximum absolute atomic E-state index is 12.0. The molecule has 1 aromatic carbocycles. The van der Waals surface area contributed by atoms with E-state index in [2.05, 4.69) is 5.32 Å². The topological polar surface area (TPSA) is 29.1 Å². The normalized spacial score (nSPS) is 13.4. The minimum Gasteiger partial charge on any atom is -0.308 e. The molecule has 1 atom stereocenters. The Morgan fingerprint density at radius 2 is 1.89 bits per heavy atom. The zero-order valence-electron chi connectivity index (χ0n) is 9.72. The molecule has 18 heavy (non-hydrogen) atoms. The van der Waals surface area contributed by atoms with Crippen LogP contribution in [-0.4, -0.2) is 25.0 Å². The van der Waals surface area contributed by atoms with Crippen LogP contribution in [0.1, 0.15) is 18.4 Å². The van der Waals surface area contributed by atoms with Gasteiger partial charge in [0.25, 0.3) is 0 Å². The van der Waals surface area contributed by atoms with Gasteiger partial charge in [-0.05, 0) is 24.6 Å². The molecule has 0 aromatic heterocycles. The van der Waals surface area contributed by atoms with Crippen LogP contribution in [0.4, 0.5) is 13.2 Å². The van der Waals surface area contributed by atoms with Crippen LogP contribution in [0.25, 0.3) is 0 Å². The molecular weight excluding hydrogens is 267 g/mol. The molecule has 0 bridgehead atoms. The fourth-order valence-corrected chi connectivity index (χ4v) is 1.68. The molecule has 0 aliphatic heterocycles. The van der Waals surface area contributed by atoms with Crippen molar-refractivity contribution in [2.75, 3.05) is 13.1 Å². The first kappa shape index (κ1) is 15.0.